The largest absolute Gasteiger partial charge is 0.332 e. The lowest BCUT2D eigenvalue weighted by atomic mass is 10.0. The van der Waals surface area contributed by atoms with Gasteiger partial charge in [-0.15, -0.1) is 0 Å². The third kappa shape index (κ3) is 3.65. The van der Waals surface area contributed by atoms with E-state index in [9.17, 15) is 4.79 Å². The molecule has 0 N–H and O–H groups in total. The van der Waals surface area contributed by atoms with Crippen molar-refractivity contribution in [3.05, 3.63) is 70.5 Å². The number of carbonyl (C=O) groups is 1. The molecule has 0 fully saturated rings. The molecule has 1 heterocycles. The van der Waals surface area contributed by atoms with Gasteiger partial charge in [0, 0.05) is 12.1 Å². The standard InChI is InChI=1S/C22H22N4O/c1-5-26(16(4)18-8-6-17(13-23)7-9-18)22(27)19-10-11-20-21(12-19)25-15(3)14(2)24-20/h6-12,16H,5H2,1-4H3. The summed E-state index contributed by atoms with van der Waals surface area (Å²) in [6, 6.07) is 14.8. The van der Waals surface area contributed by atoms with Crippen LogP contribution in [0, 0.1) is 25.2 Å². The van der Waals surface area contributed by atoms with Crippen molar-refractivity contribution in [3.63, 3.8) is 0 Å². The zero-order valence-electron chi connectivity index (χ0n) is 16.0. The summed E-state index contributed by atoms with van der Waals surface area (Å²) in [6.45, 7) is 8.39. The molecule has 1 atom stereocenters. The van der Waals surface area contributed by atoms with Gasteiger partial charge in [-0.3, -0.25) is 4.79 Å². The van der Waals surface area contributed by atoms with E-state index in [4.69, 9.17) is 5.26 Å². The molecule has 0 bridgehead atoms. The Morgan fingerprint density at radius 2 is 1.70 bits per heavy atom. The number of hydrogen-bond donors (Lipinski definition) is 0. The van der Waals surface area contributed by atoms with Gasteiger partial charge in [-0.1, -0.05) is 12.1 Å². The van der Waals surface area contributed by atoms with Crippen LogP contribution in [0.5, 0.6) is 0 Å². The van der Waals surface area contributed by atoms with Crippen LogP contribution in [-0.4, -0.2) is 27.3 Å². The van der Waals surface area contributed by atoms with Gasteiger partial charge in [0.1, 0.15) is 0 Å². The summed E-state index contributed by atoms with van der Waals surface area (Å²) in [5, 5.41) is 8.96. The third-order valence-electron chi connectivity index (χ3n) is 4.91. The second-order valence-electron chi connectivity index (χ2n) is 6.60. The zero-order valence-corrected chi connectivity index (χ0v) is 16.0. The molecule has 5 heteroatoms. The molecule has 136 valence electrons. The Morgan fingerprint density at radius 3 is 2.30 bits per heavy atom. The molecule has 3 rings (SSSR count). The third-order valence-corrected chi connectivity index (χ3v) is 4.91. The van der Waals surface area contributed by atoms with E-state index in [1.54, 1.807) is 12.1 Å². The maximum atomic E-state index is 13.1. The van der Waals surface area contributed by atoms with Crippen LogP contribution in [0.2, 0.25) is 0 Å². The number of amides is 1. The van der Waals surface area contributed by atoms with Crippen molar-refractivity contribution in [2.24, 2.45) is 0 Å². The van der Waals surface area contributed by atoms with Gasteiger partial charge in [0.15, 0.2) is 0 Å². The Balaban J connectivity index is 1.92. The molecular formula is C22H22N4O. The van der Waals surface area contributed by atoms with E-state index in [1.165, 1.54) is 0 Å². The summed E-state index contributed by atoms with van der Waals surface area (Å²) in [7, 11) is 0. The number of nitrogens with zero attached hydrogens (tertiary/aromatic N) is 4. The van der Waals surface area contributed by atoms with Gasteiger partial charge in [0.25, 0.3) is 5.91 Å². The first kappa shape index (κ1) is 18.5. The summed E-state index contributed by atoms with van der Waals surface area (Å²) in [5.41, 5.74) is 5.48. The summed E-state index contributed by atoms with van der Waals surface area (Å²) in [4.78, 5) is 24.0. The van der Waals surface area contributed by atoms with E-state index in [2.05, 4.69) is 16.0 Å². The lowest BCUT2D eigenvalue weighted by Gasteiger charge is -2.28. The number of rotatable bonds is 4. The highest BCUT2D eigenvalue weighted by Crippen LogP contribution is 2.24. The lowest BCUT2D eigenvalue weighted by Crippen LogP contribution is -2.33. The fourth-order valence-electron chi connectivity index (χ4n) is 3.14. The number of fused-ring (bicyclic) bond motifs is 1. The Hall–Kier alpha value is -3.26. The van der Waals surface area contributed by atoms with E-state index >= 15 is 0 Å². The van der Waals surface area contributed by atoms with Crippen molar-refractivity contribution in [2.45, 2.75) is 33.7 Å². The molecular weight excluding hydrogens is 336 g/mol. The van der Waals surface area contributed by atoms with Gasteiger partial charge in [0.05, 0.1) is 40.1 Å². The van der Waals surface area contributed by atoms with Gasteiger partial charge >= 0.3 is 0 Å². The number of nitriles is 1. The SMILES string of the molecule is CCN(C(=O)c1ccc2nc(C)c(C)nc2c1)C(C)c1ccc(C#N)cc1. The van der Waals surface area contributed by atoms with E-state index < -0.39 is 0 Å². The Bertz CT molecular complexity index is 1030. The van der Waals surface area contributed by atoms with Crippen LogP contribution in [0.25, 0.3) is 11.0 Å². The summed E-state index contributed by atoms with van der Waals surface area (Å²) >= 11 is 0. The first-order valence-corrected chi connectivity index (χ1v) is 9.00. The molecule has 1 amide bonds. The highest BCUT2D eigenvalue weighted by atomic mass is 16.2. The number of benzene rings is 2. The minimum atomic E-state index is -0.100. The molecule has 2 aromatic carbocycles. The maximum absolute atomic E-state index is 13.1. The van der Waals surface area contributed by atoms with Gasteiger partial charge in [-0.25, -0.2) is 9.97 Å². The van der Waals surface area contributed by atoms with Crippen LogP contribution in [0.1, 0.15) is 52.8 Å². The zero-order chi connectivity index (χ0) is 19.6. The van der Waals surface area contributed by atoms with Gasteiger partial charge in [-0.2, -0.15) is 5.26 Å². The summed E-state index contributed by atoms with van der Waals surface area (Å²) in [5.74, 6) is -0.0451. The van der Waals surface area contributed by atoms with Gasteiger partial charge < -0.3 is 4.90 Å². The maximum Gasteiger partial charge on any atom is 0.254 e. The number of carbonyl (C=O) groups excluding carboxylic acids is 1. The normalized spacial score (nSPS) is 11.8. The Kier molecular flexibility index (Phi) is 5.18. The smallest absolute Gasteiger partial charge is 0.254 e. The van der Waals surface area contributed by atoms with E-state index in [-0.39, 0.29) is 11.9 Å². The van der Waals surface area contributed by atoms with Crippen LogP contribution < -0.4 is 0 Å². The number of aryl methyl sites for hydroxylation is 2. The second-order valence-corrected chi connectivity index (χ2v) is 6.60. The Labute approximate surface area is 159 Å². The minimum Gasteiger partial charge on any atom is -0.332 e. The minimum absolute atomic E-state index is 0.0451. The molecule has 0 aliphatic heterocycles. The predicted molar refractivity (Wildman–Crippen MR) is 105 cm³/mol. The molecule has 0 spiro atoms. The molecule has 1 aromatic heterocycles. The molecule has 3 aromatic rings. The van der Waals surface area contributed by atoms with Crippen LogP contribution in [0.4, 0.5) is 0 Å². The quantitative estimate of drug-likeness (QED) is 0.695. The Morgan fingerprint density at radius 1 is 1.07 bits per heavy atom. The van der Waals surface area contributed by atoms with E-state index in [0.29, 0.717) is 17.7 Å². The average Bonchev–Trinajstić information content (AvgIpc) is 2.69. The van der Waals surface area contributed by atoms with Crippen LogP contribution in [-0.2, 0) is 0 Å². The first-order chi connectivity index (χ1) is 12.9. The molecule has 0 aliphatic carbocycles. The number of aromatic nitrogens is 2. The highest BCUT2D eigenvalue weighted by molar-refractivity contribution is 5.97. The van der Waals surface area contributed by atoms with E-state index in [1.807, 2.05) is 62.9 Å². The molecule has 0 aliphatic rings. The predicted octanol–water partition coefficient (Wildman–Crippen LogP) is 4.34. The molecule has 1 unspecified atom stereocenters. The molecule has 0 saturated heterocycles. The van der Waals surface area contributed by atoms with Crippen molar-refractivity contribution in [2.75, 3.05) is 6.54 Å². The number of hydrogen-bond acceptors (Lipinski definition) is 4. The second kappa shape index (κ2) is 7.55. The lowest BCUT2D eigenvalue weighted by molar-refractivity contribution is 0.0702. The molecule has 27 heavy (non-hydrogen) atoms. The van der Waals surface area contributed by atoms with Crippen LogP contribution >= 0.6 is 0 Å². The summed E-state index contributed by atoms with van der Waals surface area (Å²) < 4.78 is 0. The van der Waals surface area contributed by atoms with Crippen molar-refractivity contribution >= 4 is 16.9 Å². The van der Waals surface area contributed by atoms with Crippen LogP contribution in [0.15, 0.2) is 42.5 Å². The highest BCUT2D eigenvalue weighted by Gasteiger charge is 2.22. The van der Waals surface area contributed by atoms with Gasteiger partial charge in [0.2, 0.25) is 0 Å². The van der Waals surface area contributed by atoms with Crippen molar-refractivity contribution in [1.82, 2.24) is 14.9 Å². The molecule has 5 nitrogen and oxygen atoms in total. The monoisotopic (exact) mass is 358 g/mol. The van der Waals surface area contributed by atoms with E-state index in [0.717, 1.165) is 28.0 Å². The van der Waals surface area contributed by atoms with Gasteiger partial charge in [-0.05, 0) is 63.6 Å². The first-order valence-electron chi connectivity index (χ1n) is 9.00. The van der Waals surface area contributed by atoms with Crippen LogP contribution in [0.3, 0.4) is 0 Å². The topological polar surface area (TPSA) is 69.9 Å². The van der Waals surface area contributed by atoms with Crippen molar-refractivity contribution in [3.8, 4) is 6.07 Å². The van der Waals surface area contributed by atoms with Crippen molar-refractivity contribution in [1.29, 1.82) is 5.26 Å². The molecule has 0 radical (unpaired) electrons. The average molecular weight is 358 g/mol. The van der Waals surface area contributed by atoms with Crippen molar-refractivity contribution < 1.29 is 4.79 Å². The summed E-state index contributed by atoms with van der Waals surface area (Å²) in [6.07, 6.45) is 0. The molecule has 0 saturated carbocycles. The fourth-order valence-corrected chi connectivity index (χ4v) is 3.14. The fraction of sp³-hybridized carbons (Fsp3) is 0.273.